The number of rotatable bonds is 8. The van der Waals surface area contributed by atoms with Gasteiger partial charge in [0.2, 0.25) is 5.91 Å². The van der Waals surface area contributed by atoms with Crippen LogP contribution in [-0.2, 0) is 4.79 Å². The number of hydrogen-bond acceptors (Lipinski definition) is 3. The van der Waals surface area contributed by atoms with E-state index in [1.54, 1.807) is 0 Å². The molecule has 0 aromatic heterocycles. The largest absolute Gasteiger partial charge is 0.368 e. The summed E-state index contributed by atoms with van der Waals surface area (Å²) in [6.45, 7) is 8.96. The second-order valence-corrected chi connectivity index (χ2v) is 6.22. The molecule has 2 atom stereocenters. The quantitative estimate of drug-likeness (QED) is 0.717. The number of carbonyl (C=O) groups is 1. The van der Waals surface area contributed by atoms with E-state index in [1.807, 2.05) is 7.05 Å². The molecular weight excluding hydrogens is 250 g/mol. The summed E-state index contributed by atoms with van der Waals surface area (Å²) < 4.78 is 0. The van der Waals surface area contributed by atoms with E-state index < -0.39 is 5.54 Å². The number of nitrogens with two attached hydrogens (primary N) is 1. The van der Waals surface area contributed by atoms with Gasteiger partial charge >= 0.3 is 0 Å². The first-order valence-corrected chi connectivity index (χ1v) is 8.25. The fraction of sp³-hybridized carbons (Fsp3) is 0.938. The van der Waals surface area contributed by atoms with Crippen LogP contribution in [-0.4, -0.2) is 42.5 Å². The van der Waals surface area contributed by atoms with Crippen LogP contribution in [0.25, 0.3) is 0 Å². The zero-order chi connectivity index (χ0) is 15.2. The minimum absolute atomic E-state index is 0.191. The molecule has 0 radical (unpaired) electrons. The van der Waals surface area contributed by atoms with Gasteiger partial charge in [-0.3, -0.25) is 4.79 Å². The van der Waals surface area contributed by atoms with Gasteiger partial charge in [-0.2, -0.15) is 0 Å². The molecule has 0 aliphatic heterocycles. The predicted molar refractivity (Wildman–Crippen MR) is 84.6 cm³/mol. The van der Waals surface area contributed by atoms with Gasteiger partial charge in [-0.05, 0) is 45.2 Å². The summed E-state index contributed by atoms with van der Waals surface area (Å²) in [5.41, 5.74) is 5.15. The average Bonchev–Trinajstić information content (AvgIpc) is 2.48. The minimum Gasteiger partial charge on any atom is -0.368 e. The van der Waals surface area contributed by atoms with Crippen molar-refractivity contribution >= 4 is 5.91 Å². The summed E-state index contributed by atoms with van der Waals surface area (Å²) in [5.74, 6) is 0.567. The Balaban J connectivity index is 2.75. The second-order valence-electron chi connectivity index (χ2n) is 6.22. The van der Waals surface area contributed by atoms with Crippen LogP contribution in [0.4, 0.5) is 0 Å². The molecule has 1 fully saturated rings. The first-order chi connectivity index (χ1) is 9.52. The third-order valence-electron chi connectivity index (χ3n) is 5.25. The molecule has 118 valence electrons. The maximum absolute atomic E-state index is 11.8. The van der Waals surface area contributed by atoms with Crippen LogP contribution in [0, 0.1) is 5.92 Å². The molecule has 4 heteroatoms. The van der Waals surface area contributed by atoms with Gasteiger partial charge in [0.05, 0.1) is 5.54 Å². The van der Waals surface area contributed by atoms with Gasteiger partial charge in [-0.1, -0.05) is 33.6 Å². The highest BCUT2D eigenvalue weighted by molar-refractivity contribution is 5.84. The van der Waals surface area contributed by atoms with Crippen LogP contribution in [0.5, 0.6) is 0 Å². The Morgan fingerprint density at radius 2 is 2.05 bits per heavy atom. The predicted octanol–water partition coefficient (Wildman–Crippen LogP) is 2.13. The molecule has 4 nitrogen and oxygen atoms in total. The molecule has 1 aliphatic rings. The van der Waals surface area contributed by atoms with E-state index in [2.05, 4.69) is 31.0 Å². The Morgan fingerprint density at radius 1 is 1.40 bits per heavy atom. The Bertz CT molecular complexity index is 304. The number of nitrogens with zero attached hydrogens (tertiary/aromatic N) is 1. The molecule has 0 bridgehead atoms. The lowest BCUT2D eigenvalue weighted by Crippen LogP contribution is -2.59. The molecule has 1 rings (SSSR count). The van der Waals surface area contributed by atoms with Gasteiger partial charge in [0, 0.05) is 12.6 Å². The van der Waals surface area contributed by atoms with Crippen molar-refractivity contribution in [2.75, 3.05) is 20.1 Å². The summed E-state index contributed by atoms with van der Waals surface area (Å²) >= 11 is 0. The standard InChI is InChI=1S/C16H33N3O/c1-5-13(6-2)12-19(7-3)14-9-8-10-16(11-14,18-4)15(17)20/h13-14,18H,5-12H2,1-4H3,(H2,17,20). The zero-order valence-electron chi connectivity index (χ0n) is 13.7. The van der Waals surface area contributed by atoms with E-state index in [0.717, 1.165) is 38.3 Å². The molecule has 0 spiro atoms. The minimum atomic E-state index is -0.496. The van der Waals surface area contributed by atoms with Crippen molar-refractivity contribution in [3.05, 3.63) is 0 Å². The number of amides is 1. The molecule has 1 amide bonds. The molecule has 20 heavy (non-hydrogen) atoms. The van der Waals surface area contributed by atoms with E-state index in [1.165, 1.54) is 19.3 Å². The van der Waals surface area contributed by atoms with Crippen LogP contribution >= 0.6 is 0 Å². The smallest absolute Gasteiger partial charge is 0.237 e. The Hall–Kier alpha value is -0.610. The Kier molecular flexibility index (Phi) is 6.96. The third kappa shape index (κ3) is 3.95. The van der Waals surface area contributed by atoms with Crippen LogP contribution < -0.4 is 11.1 Å². The van der Waals surface area contributed by atoms with Gasteiger partial charge < -0.3 is 16.0 Å². The SMILES string of the molecule is CCC(CC)CN(CC)C1CCCC(NC)(C(N)=O)C1. The highest BCUT2D eigenvalue weighted by Gasteiger charge is 2.41. The number of primary amides is 1. The highest BCUT2D eigenvalue weighted by Crippen LogP contribution is 2.31. The van der Waals surface area contributed by atoms with Crippen molar-refractivity contribution < 1.29 is 4.79 Å². The molecule has 0 heterocycles. The topological polar surface area (TPSA) is 58.4 Å². The summed E-state index contributed by atoms with van der Waals surface area (Å²) in [7, 11) is 1.87. The Labute approximate surface area is 124 Å². The van der Waals surface area contributed by atoms with Crippen molar-refractivity contribution in [2.45, 2.75) is 70.9 Å². The normalized spacial score (nSPS) is 27.2. The number of likely N-dealkylation sites (N-methyl/N-ethyl adjacent to an activating group) is 1. The fourth-order valence-electron chi connectivity index (χ4n) is 3.55. The van der Waals surface area contributed by atoms with E-state index >= 15 is 0 Å². The molecule has 0 saturated heterocycles. The third-order valence-corrected chi connectivity index (χ3v) is 5.25. The second kappa shape index (κ2) is 7.99. The lowest BCUT2D eigenvalue weighted by atomic mass is 9.77. The van der Waals surface area contributed by atoms with Crippen LogP contribution in [0.1, 0.15) is 59.3 Å². The summed E-state index contributed by atoms with van der Waals surface area (Å²) in [4.78, 5) is 14.4. The fourth-order valence-corrected chi connectivity index (χ4v) is 3.55. The van der Waals surface area contributed by atoms with E-state index in [0.29, 0.717) is 6.04 Å². The van der Waals surface area contributed by atoms with E-state index in [4.69, 9.17) is 5.73 Å². The number of nitrogens with one attached hydrogen (secondary N) is 1. The van der Waals surface area contributed by atoms with Crippen LogP contribution in [0.3, 0.4) is 0 Å². The van der Waals surface area contributed by atoms with Crippen LogP contribution in [0.15, 0.2) is 0 Å². The maximum Gasteiger partial charge on any atom is 0.237 e. The monoisotopic (exact) mass is 283 g/mol. The van der Waals surface area contributed by atoms with Crippen molar-refractivity contribution in [2.24, 2.45) is 11.7 Å². The molecular formula is C16H33N3O. The van der Waals surface area contributed by atoms with Gasteiger partial charge in [-0.25, -0.2) is 0 Å². The van der Waals surface area contributed by atoms with E-state index in [-0.39, 0.29) is 5.91 Å². The zero-order valence-corrected chi connectivity index (χ0v) is 13.7. The number of carbonyl (C=O) groups excluding carboxylic acids is 1. The molecule has 1 saturated carbocycles. The van der Waals surface area contributed by atoms with Crippen molar-refractivity contribution in [3.63, 3.8) is 0 Å². The molecule has 0 aromatic carbocycles. The highest BCUT2D eigenvalue weighted by atomic mass is 16.1. The summed E-state index contributed by atoms with van der Waals surface area (Å²) in [5, 5.41) is 3.21. The Morgan fingerprint density at radius 3 is 2.50 bits per heavy atom. The van der Waals surface area contributed by atoms with Gasteiger partial charge in [0.25, 0.3) is 0 Å². The van der Waals surface area contributed by atoms with E-state index in [9.17, 15) is 4.79 Å². The van der Waals surface area contributed by atoms with Gasteiger partial charge in [0.1, 0.15) is 0 Å². The van der Waals surface area contributed by atoms with Crippen molar-refractivity contribution in [1.29, 1.82) is 0 Å². The molecule has 0 aromatic rings. The first-order valence-electron chi connectivity index (χ1n) is 8.25. The average molecular weight is 283 g/mol. The summed E-state index contributed by atoms with van der Waals surface area (Å²) in [6.07, 6.45) is 6.45. The lowest BCUT2D eigenvalue weighted by Gasteiger charge is -2.43. The maximum atomic E-state index is 11.8. The van der Waals surface area contributed by atoms with Gasteiger partial charge in [0.15, 0.2) is 0 Å². The van der Waals surface area contributed by atoms with Crippen molar-refractivity contribution in [3.8, 4) is 0 Å². The van der Waals surface area contributed by atoms with Crippen molar-refractivity contribution in [1.82, 2.24) is 10.2 Å². The molecule has 2 unspecified atom stereocenters. The molecule has 3 N–H and O–H groups in total. The summed E-state index contributed by atoms with van der Waals surface area (Å²) in [6, 6.07) is 0.481. The lowest BCUT2D eigenvalue weighted by molar-refractivity contribution is -0.126. The van der Waals surface area contributed by atoms with Crippen LogP contribution in [0.2, 0.25) is 0 Å². The van der Waals surface area contributed by atoms with Gasteiger partial charge in [-0.15, -0.1) is 0 Å². The number of hydrogen-bond donors (Lipinski definition) is 2. The molecule has 1 aliphatic carbocycles. The first kappa shape index (κ1) is 17.4.